The molecule has 2 rings (SSSR count). The van der Waals surface area contributed by atoms with Gasteiger partial charge in [-0.2, -0.15) is 0 Å². The van der Waals surface area contributed by atoms with Gasteiger partial charge in [0.15, 0.2) is 0 Å². The molecule has 0 spiro atoms. The van der Waals surface area contributed by atoms with Crippen molar-refractivity contribution in [3.05, 3.63) is 29.7 Å². The third-order valence-electron chi connectivity index (χ3n) is 2.49. The van der Waals surface area contributed by atoms with Gasteiger partial charge in [-0.05, 0) is 30.5 Å². The smallest absolute Gasteiger partial charge is 0.126 e. The number of alkyl halides is 1. The topological polar surface area (TPSA) is 13.1 Å². The van der Waals surface area contributed by atoms with Crippen molar-refractivity contribution in [2.45, 2.75) is 19.3 Å². The summed E-state index contributed by atoms with van der Waals surface area (Å²) < 4.78 is 5.67. The molecule has 2 unspecified atom stereocenters. The summed E-state index contributed by atoms with van der Waals surface area (Å²) in [7, 11) is 0. The lowest BCUT2D eigenvalue weighted by atomic mass is 10.3. The normalized spacial score (nSPS) is 26.9. The first-order valence-corrected chi connectivity index (χ1v) is 5.75. The Morgan fingerprint density at radius 1 is 1.62 bits per heavy atom. The van der Waals surface area contributed by atoms with Crippen LogP contribution in [0, 0.1) is 5.92 Å². The van der Waals surface area contributed by atoms with Crippen molar-refractivity contribution in [2.24, 2.45) is 5.92 Å². The van der Waals surface area contributed by atoms with E-state index in [9.17, 15) is 0 Å². The third kappa shape index (κ3) is 2.05. The van der Waals surface area contributed by atoms with E-state index in [0.717, 1.165) is 22.8 Å². The SMILES string of the molecule is CC1CC1c1ccc(C=CCBr)o1. The summed E-state index contributed by atoms with van der Waals surface area (Å²) in [4.78, 5) is 0. The van der Waals surface area contributed by atoms with E-state index in [1.54, 1.807) is 0 Å². The van der Waals surface area contributed by atoms with Crippen LogP contribution in [0.2, 0.25) is 0 Å². The van der Waals surface area contributed by atoms with Crippen molar-refractivity contribution in [2.75, 3.05) is 5.33 Å². The zero-order chi connectivity index (χ0) is 9.26. The molecule has 0 aliphatic heterocycles. The third-order valence-corrected chi connectivity index (χ3v) is 2.87. The molecular formula is C11H13BrO. The summed E-state index contributed by atoms with van der Waals surface area (Å²) in [5.41, 5.74) is 0. The summed E-state index contributed by atoms with van der Waals surface area (Å²) >= 11 is 3.34. The molecule has 1 aromatic heterocycles. The van der Waals surface area contributed by atoms with Gasteiger partial charge in [-0.3, -0.25) is 0 Å². The molecule has 2 heteroatoms. The fourth-order valence-corrected chi connectivity index (χ4v) is 1.72. The Labute approximate surface area is 87.0 Å². The highest BCUT2D eigenvalue weighted by Crippen LogP contribution is 2.47. The van der Waals surface area contributed by atoms with E-state index in [4.69, 9.17) is 4.42 Å². The molecule has 0 N–H and O–H groups in total. The van der Waals surface area contributed by atoms with Gasteiger partial charge in [-0.25, -0.2) is 0 Å². The predicted molar refractivity (Wildman–Crippen MR) is 58.1 cm³/mol. The Kier molecular flexibility index (Phi) is 2.58. The minimum absolute atomic E-state index is 0.686. The molecule has 1 fully saturated rings. The summed E-state index contributed by atoms with van der Waals surface area (Å²) in [5.74, 6) is 3.63. The van der Waals surface area contributed by atoms with Gasteiger partial charge in [0.25, 0.3) is 0 Å². The van der Waals surface area contributed by atoms with Crippen molar-refractivity contribution < 1.29 is 4.42 Å². The Morgan fingerprint density at radius 3 is 3.00 bits per heavy atom. The molecule has 2 atom stereocenters. The second-order valence-electron chi connectivity index (χ2n) is 3.62. The Morgan fingerprint density at radius 2 is 2.38 bits per heavy atom. The van der Waals surface area contributed by atoms with Crippen molar-refractivity contribution in [3.8, 4) is 0 Å². The minimum atomic E-state index is 0.686. The lowest BCUT2D eigenvalue weighted by molar-refractivity contribution is 0.498. The van der Waals surface area contributed by atoms with Crippen molar-refractivity contribution >= 4 is 22.0 Å². The summed E-state index contributed by atoms with van der Waals surface area (Å²) in [6.07, 6.45) is 5.33. The highest BCUT2D eigenvalue weighted by atomic mass is 79.9. The van der Waals surface area contributed by atoms with Crippen molar-refractivity contribution in [1.29, 1.82) is 0 Å². The Hall–Kier alpha value is -0.500. The average Bonchev–Trinajstić information content (AvgIpc) is 2.67. The summed E-state index contributed by atoms with van der Waals surface area (Å²) in [5, 5.41) is 0.878. The van der Waals surface area contributed by atoms with E-state index in [-0.39, 0.29) is 0 Å². The second kappa shape index (κ2) is 3.70. The highest BCUT2D eigenvalue weighted by Gasteiger charge is 2.36. The standard InChI is InChI=1S/C11H13BrO/c1-8-7-10(8)11-5-4-9(13-11)3-2-6-12/h2-5,8,10H,6-7H2,1H3. The van der Waals surface area contributed by atoms with E-state index in [2.05, 4.69) is 28.9 Å². The number of furan rings is 1. The van der Waals surface area contributed by atoms with Gasteiger partial charge >= 0.3 is 0 Å². The van der Waals surface area contributed by atoms with Crippen LogP contribution in [0.15, 0.2) is 22.6 Å². The maximum atomic E-state index is 5.67. The Balaban J connectivity index is 2.05. The fraction of sp³-hybridized carbons (Fsp3) is 0.455. The molecule has 0 bridgehead atoms. The van der Waals surface area contributed by atoms with Crippen LogP contribution >= 0.6 is 15.9 Å². The van der Waals surface area contributed by atoms with Crippen LogP contribution in [-0.2, 0) is 0 Å². The lowest BCUT2D eigenvalue weighted by Crippen LogP contribution is -1.73. The van der Waals surface area contributed by atoms with Crippen LogP contribution in [0.4, 0.5) is 0 Å². The summed E-state index contributed by atoms with van der Waals surface area (Å²) in [6.45, 7) is 2.27. The average molecular weight is 241 g/mol. The van der Waals surface area contributed by atoms with Gasteiger partial charge in [-0.1, -0.05) is 28.9 Å². The first-order valence-electron chi connectivity index (χ1n) is 4.63. The van der Waals surface area contributed by atoms with Gasteiger partial charge < -0.3 is 4.42 Å². The maximum Gasteiger partial charge on any atom is 0.126 e. The first kappa shape index (κ1) is 9.07. The number of hydrogen-bond acceptors (Lipinski definition) is 1. The van der Waals surface area contributed by atoms with Gasteiger partial charge in [-0.15, -0.1) is 0 Å². The molecule has 1 heterocycles. The second-order valence-corrected chi connectivity index (χ2v) is 4.26. The minimum Gasteiger partial charge on any atom is -0.461 e. The van der Waals surface area contributed by atoms with Crippen LogP contribution < -0.4 is 0 Å². The molecule has 0 radical (unpaired) electrons. The maximum absolute atomic E-state index is 5.67. The van der Waals surface area contributed by atoms with Crippen LogP contribution in [0.1, 0.15) is 30.8 Å². The number of hydrogen-bond donors (Lipinski definition) is 0. The van der Waals surface area contributed by atoms with E-state index in [0.29, 0.717) is 5.92 Å². The zero-order valence-corrected chi connectivity index (χ0v) is 9.25. The summed E-state index contributed by atoms with van der Waals surface area (Å²) in [6, 6.07) is 4.14. The lowest BCUT2D eigenvalue weighted by Gasteiger charge is -1.89. The van der Waals surface area contributed by atoms with Crippen LogP contribution in [0.5, 0.6) is 0 Å². The molecule has 1 aliphatic rings. The molecule has 13 heavy (non-hydrogen) atoms. The molecule has 1 nitrogen and oxygen atoms in total. The van der Waals surface area contributed by atoms with E-state index >= 15 is 0 Å². The molecule has 0 aromatic carbocycles. The molecule has 1 saturated carbocycles. The quantitative estimate of drug-likeness (QED) is 0.733. The zero-order valence-electron chi connectivity index (χ0n) is 7.66. The molecular weight excluding hydrogens is 228 g/mol. The van der Waals surface area contributed by atoms with E-state index in [1.807, 2.05) is 18.2 Å². The van der Waals surface area contributed by atoms with Gasteiger partial charge in [0.2, 0.25) is 0 Å². The highest BCUT2D eigenvalue weighted by molar-refractivity contribution is 9.09. The molecule has 1 aromatic rings. The van der Waals surface area contributed by atoms with Crippen LogP contribution in [0.25, 0.3) is 6.08 Å². The number of halogens is 1. The van der Waals surface area contributed by atoms with E-state index < -0.39 is 0 Å². The van der Waals surface area contributed by atoms with Crippen molar-refractivity contribution in [1.82, 2.24) is 0 Å². The molecule has 0 saturated heterocycles. The predicted octanol–water partition coefficient (Wildman–Crippen LogP) is 3.81. The number of rotatable bonds is 3. The fourth-order valence-electron chi connectivity index (χ4n) is 1.54. The monoisotopic (exact) mass is 240 g/mol. The Bertz CT molecular complexity index is 314. The largest absolute Gasteiger partial charge is 0.461 e. The van der Waals surface area contributed by atoms with Crippen molar-refractivity contribution in [3.63, 3.8) is 0 Å². The number of allylic oxidation sites excluding steroid dienone is 1. The van der Waals surface area contributed by atoms with Gasteiger partial charge in [0, 0.05) is 11.2 Å². The first-order chi connectivity index (χ1) is 6.31. The molecule has 0 amide bonds. The van der Waals surface area contributed by atoms with Crippen LogP contribution in [0.3, 0.4) is 0 Å². The van der Waals surface area contributed by atoms with Crippen LogP contribution in [-0.4, -0.2) is 5.33 Å². The van der Waals surface area contributed by atoms with E-state index in [1.165, 1.54) is 6.42 Å². The van der Waals surface area contributed by atoms with Gasteiger partial charge in [0.1, 0.15) is 11.5 Å². The molecule has 1 aliphatic carbocycles. The van der Waals surface area contributed by atoms with Gasteiger partial charge in [0.05, 0.1) is 0 Å². The molecule has 70 valence electrons.